The monoisotopic (exact) mass is 214 g/mol. The second-order valence-electron chi connectivity index (χ2n) is 3.07. The molecular weight excluding hydrogens is 200 g/mol. The molecule has 0 heterocycles. The van der Waals surface area contributed by atoms with Crippen LogP contribution in [-0.2, 0) is 23.9 Å². The molecule has 0 spiro atoms. The van der Waals surface area contributed by atoms with E-state index in [-0.39, 0.29) is 12.2 Å². The van der Waals surface area contributed by atoms with E-state index in [1.165, 1.54) is 20.8 Å². The lowest BCUT2D eigenvalue weighted by Gasteiger charge is -2.11. The SMILES string of the molecule is C=C(C)C(=O)OC(C)C(=O)COC(C)=O. The van der Waals surface area contributed by atoms with E-state index >= 15 is 0 Å². The standard InChI is InChI=1S/C10H14O5/c1-6(2)10(13)15-7(3)9(12)5-14-8(4)11/h7H,1,5H2,2-4H3. The molecule has 0 amide bonds. The average molecular weight is 214 g/mol. The number of ether oxygens (including phenoxy) is 2. The maximum Gasteiger partial charge on any atom is 0.333 e. The minimum atomic E-state index is -0.937. The Morgan fingerprint density at radius 1 is 1.27 bits per heavy atom. The second kappa shape index (κ2) is 5.95. The molecule has 0 N–H and O–H groups in total. The molecule has 15 heavy (non-hydrogen) atoms. The molecule has 0 bridgehead atoms. The van der Waals surface area contributed by atoms with E-state index in [9.17, 15) is 14.4 Å². The molecule has 1 atom stereocenters. The average Bonchev–Trinajstić information content (AvgIpc) is 2.13. The van der Waals surface area contributed by atoms with Crippen molar-refractivity contribution in [2.24, 2.45) is 0 Å². The van der Waals surface area contributed by atoms with Gasteiger partial charge < -0.3 is 9.47 Å². The zero-order valence-corrected chi connectivity index (χ0v) is 9.03. The minimum Gasteiger partial charge on any atom is -0.458 e. The second-order valence-corrected chi connectivity index (χ2v) is 3.07. The number of carbonyl (C=O) groups is 3. The van der Waals surface area contributed by atoms with Crippen LogP contribution < -0.4 is 0 Å². The third-order valence-corrected chi connectivity index (χ3v) is 1.50. The molecule has 1 unspecified atom stereocenters. The van der Waals surface area contributed by atoms with Gasteiger partial charge in [-0.3, -0.25) is 9.59 Å². The van der Waals surface area contributed by atoms with Crippen molar-refractivity contribution in [3.05, 3.63) is 12.2 Å². The fraction of sp³-hybridized carbons (Fsp3) is 0.500. The summed E-state index contributed by atoms with van der Waals surface area (Å²) < 4.78 is 9.19. The summed E-state index contributed by atoms with van der Waals surface area (Å²) in [4.78, 5) is 32.6. The van der Waals surface area contributed by atoms with Crippen molar-refractivity contribution in [1.29, 1.82) is 0 Å². The first kappa shape index (κ1) is 13.4. The third kappa shape index (κ3) is 5.61. The Kier molecular flexibility index (Phi) is 5.30. The minimum absolute atomic E-state index is 0.210. The van der Waals surface area contributed by atoms with Crippen LogP contribution in [0.1, 0.15) is 20.8 Å². The van der Waals surface area contributed by atoms with Gasteiger partial charge >= 0.3 is 11.9 Å². The van der Waals surface area contributed by atoms with E-state index in [4.69, 9.17) is 4.74 Å². The van der Waals surface area contributed by atoms with Crippen molar-refractivity contribution < 1.29 is 23.9 Å². The predicted molar refractivity (Wildman–Crippen MR) is 52.0 cm³/mol. The van der Waals surface area contributed by atoms with Crippen LogP contribution in [0, 0.1) is 0 Å². The third-order valence-electron chi connectivity index (χ3n) is 1.50. The molecule has 0 saturated heterocycles. The van der Waals surface area contributed by atoms with E-state index in [1.54, 1.807) is 0 Å². The topological polar surface area (TPSA) is 69.7 Å². The first-order chi connectivity index (χ1) is 6.84. The zero-order chi connectivity index (χ0) is 12.0. The van der Waals surface area contributed by atoms with Crippen molar-refractivity contribution in [2.45, 2.75) is 26.9 Å². The number of Topliss-reactive ketones (excluding diaryl/α,β-unsaturated/α-hetero) is 1. The maximum absolute atomic E-state index is 11.2. The summed E-state index contributed by atoms with van der Waals surface area (Å²) in [7, 11) is 0. The van der Waals surface area contributed by atoms with Gasteiger partial charge in [0, 0.05) is 12.5 Å². The van der Waals surface area contributed by atoms with Crippen molar-refractivity contribution in [3.8, 4) is 0 Å². The van der Waals surface area contributed by atoms with Crippen LogP contribution in [0.25, 0.3) is 0 Å². The van der Waals surface area contributed by atoms with Gasteiger partial charge in [0.05, 0.1) is 0 Å². The lowest BCUT2D eigenvalue weighted by atomic mass is 10.2. The number of hydrogen-bond donors (Lipinski definition) is 0. The Morgan fingerprint density at radius 3 is 2.20 bits per heavy atom. The Labute approximate surface area is 88.0 Å². The summed E-state index contributed by atoms with van der Waals surface area (Å²) in [5.74, 6) is -1.67. The van der Waals surface area contributed by atoms with Crippen LogP contribution in [0.15, 0.2) is 12.2 Å². The van der Waals surface area contributed by atoms with Crippen molar-refractivity contribution >= 4 is 17.7 Å². The normalized spacial score (nSPS) is 11.4. The molecule has 0 aromatic carbocycles. The maximum atomic E-state index is 11.2. The summed E-state index contributed by atoms with van der Waals surface area (Å²) >= 11 is 0. The van der Waals surface area contributed by atoms with Crippen LogP contribution in [0.2, 0.25) is 0 Å². The number of carbonyl (C=O) groups excluding carboxylic acids is 3. The molecule has 0 aromatic heterocycles. The fourth-order valence-electron chi connectivity index (χ4n) is 0.617. The Bertz CT molecular complexity index is 292. The summed E-state index contributed by atoms with van der Waals surface area (Å²) in [6.45, 7) is 7.06. The Balaban J connectivity index is 4.04. The van der Waals surface area contributed by atoms with Crippen LogP contribution in [0.4, 0.5) is 0 Å². The summed E-state index contributed by atoms with van der Waals surface area (Å²) in [6.07, 6.45) is -0.937. The number of hydrogen-bond acceptors (Lipinski definition) is 5. The zero-order valence-electron chi connectivity index (χ0n) is 9.03. The van der Waals surface area contributed by atoms with Gasteiger partial charge in [-0.1, -0.05) is 6.58 Å². The van der Waals surface area contributed by atoms with Gasteiger partial charge in [-0.05, 0) is 13.8 Å². The highest BCUT2D eigenvalue weighted by Crippen LogP contribution is 2.00. The predicted octanol–water partition coefficient (Wildman–Crippen LogP) is 0.626. The molecule has 0 rings (SSSR count). The van der Waals surface area contributed by atoms with Crippen LogP contribution in [-0.4, -0.2) is 30.4 Å². The van der Waals surface area contributed by atoms with E-state index in [1.807, 2.05) is 0 Å². The lowest BCUT2D eigenvalue weighted by Crippen LogP contribution is -2.28. The molecule has 5 heteroatoms. The molecule has 0 aromatic rings. The van der Waals surface area contributed by atoms with Crippen LogP contribution in [0.5, 0.6) is 0 Å². The molecule has 5 nitrogen and oxygen atoms in total. The first-order valence-electron chi connectivity index (χ1n) is 4.37. The molecule has 0 radical (unpaired) electrons. The largest absolute Gasteiger partial charge is 0.458 e. The quantitative estimate of drug-likeness (QED) is 0.495. The van der Waals surface area contributed by atoms with E-state index in [0.29, 0.717) is 0 Å². The van der Waals surface area contributed by atoms with Crippen molar-refractivity contribution in [1.82, 2.24) is 0 Å². The molecule has 0 aliphatic rings. The molecule has 0 aliphatic carbocycles. The van der Waals surface area contributed by atoms with Crippen molar-refractivity contribution in [2.75, 3.05) is 6.61 Å². The van der Waals surface area contributed by atoms with Crippen LogP contribution in [0.3, 0.4) is 0 Å². The summed E-state index contributed by atoms with van der Waals surface area (Å²) in [6, 6.07) is 0. The molecule has 0 aliphatic heterocycles. The molecular formula is C10H14O5. The smallest absolute Gasteiger partial charge is 0.333 e. The fourth-order valence-corrected chi connectivity index (χ4v) is 0.617. The van der Waals surface area contributed by atoms with Crippen molar-refractivity contribution in [3.63, 3.8) is 0 Å². The van der Waals surface area contributed by atoms with Gasteiger partial charge in [-0.2, -0.15) is 0 Å². The highest BCUT2D eigenvalue weighted by atomic mass is 16.6. The van der Waals surface area contributed by atoms with Gasteiger partial charge in [-0.25, -0.2) is 4.79 Å². The highest BCUT2D eigenvalue weighted by Gasteiger charge is 2.18. The van der Waals surface area contributed by atoms with Gasteiger partial charge in [0.2, 0.25) is 5.78 Å². The van der Waals surface area contributed by atoms with Gasteiger partial charge in [0.1, 0.15) is 0 Å². The molecule has 0 saturated carbocycles. The first-order valence-corrected chi connectivity index (χ1v) is 4.37. The number of ketones is 1. The summed E-state index contributed by atoms with van der Waals surface area (Å²) in [5, 5.41) is 0. The highest BCUT2D eigenvalue weighted by molar-refractivity contribution is 5.92. The Morgan fingerprint density at radius 2 is 1.80 bits per heavy atom. The Hall–Kier alpha value is -1.65. The van der Waals surface area contributed by atoms with Gasteiger partial charge in [0.25, 0.3) is 0 Å². The summed E-state index contributed by atoms with van der Waals surface area (Å²) in [5.41, 5.74) is 0.210. The van der Waals surface area contributed by atoms with E-state index in [2.05, 4.69) is 11.3 Å². The number of esters is 2. The number of rotatable bonds is 5. The van der Waals surface area contributed by atoms with E-state index < -0.39 is 23.8 Å². The van der Waals surface area contributed by atoms with Crippen LogP contribution >= 0.6 is 0 Å². The molecule has 0 fully saturated rings. The van der Waals surface area contributed by atoms with Gasteiger partial charge in [-0.15, -0.1) is 0 Å². The lowest BCUT2D eigenvalue weighted by molar-refractivity contribution is -0.155. The van der Waals surface area contributed by atoms with Gasteiger partial charge in [0.15, 0.2) is 12.7 Å². The van der Waals surface area contributed by atoms with E-state index in [0.717, 1.165) is 0 Å². The molecule has 84 valence electrons.